The van der Waals surface area contributed by atoms with Crippen LogP contribution in [0.5, 0.6) is 0 Å². The Kier molecular flexibility index (Phi) is 4.17. The summed E-state index contributed by atoms with van der Waals surface area (Å²) in [5, 5.41) is 0. The number of benzene rings is 1. The lowest BCUT2D eigenvalue weighted by Crippen LogP contribution is -2.41. The number of esters is 1. The summed E-state index contributed by atoms with van der Waals surface area (Å²) >= 11 is 4.43. The van der Waals surface area contributed by atoms with Gasteiger partial charge in [-0.2, -0.15) is 0 Å². The molecule has 0 unspecified atom stereocenters. The first-order valence-electron chi connectivity index (χ1n) is 6.86. The SMILES string of the molecule is COC(=O)c1cc(B2OC(C)(C)C(C)(C)O2)cc(S)c1C. The lowest BCUT2D eigenvalue weighted by atomic mass is 9.77. The van der Waals surface area contributed by atoms with Crippen molar-refractivity contribution in [2.24, 2.45) is 0 Å². The van der Waals surface area contributed by atoms with Crippen LogP contribution in [0.25, 0.3) is 0 Å². The minimum atomic E-state index is -0.523. The van der Waals surface area contributed by atoms with E-state index in [2.05, 4.69) is 12.6 Å². The highest BCUT2D eigenvalue weighted by Gasteiger charge is 2.51. The zero-order valence-corrected chi connectivity index (χ0v) is 14.2. The van der Waals surface area contributed by atoms with Crippen molar-refractivity contribution < 1.29 is 18.8 Å². The molecule has 0 saturated carbocycles. The fourth-order valence-electron chi connectivity index (χ4n) is 2.16. The van der Waals surface area contributed by atoms with Crippen LogP contribution in [0.3, 0.4) is 0 Å². The van der Waals surface area contributed by atoms with Gasteiger partial charge in [0.25, 0.3) is 0 Å². The van der Waals surface area contributed by atoms with Gasteiger partial charge in [-0.15, -0.1) is 12.6 Å². The van der Waals surface area contributed by atoms with Gasteiger partial charge < -0.3 is 14.0 Å². The molecule has 1 aromatic rings. The zero-order chi connectivity index (χ0) is 16.0. The Bertz CT molecular complexity index is 567. The third-order valence-electron chi connectivity index (χ3n) is 4.33. The van der Waals surface area contributed by atoms with E-state index in [0.717, 1.165) is 11.0 Å². The average molecular weight is 308 g/mol. The van der Waals surface area contributed by atoms with Gasteiger partial charge >= 0.3 is 13.1 Å². The van der Waals surface area contributed by atoms with E-state index in [4.69, 9.17) is 14.0 Å². The largest absolute Gasteiger partial charge is 0.494 e. The summed E-state index contributed by atoms with van der Waals surface area (Å²) in [5.74, 6) is -0.388. The maximum Gasteiger partial charge on any atom is 0.494 e. The van der Waals surface area contributed by atoms with E-state index in [-0.39, 0.29) is 5.97 Å². The third-order valence-corrected chi connectivity index (χ3v) is 4.80. The molecule has 1 aromatic carbocycles. The van der Waals surface area contributed by atoms with Gasteiger partial charge in [0.05, 0.1) is 23.9 Å². The van der Waals surface area contributed by atoms with Gasteiger partial charge in [-0.1, -0.05) is 0 Å². The van der Waals surface area contributed by atoms with Crippen LogP contribution < -0.4 is 5.46 Å². The van der Waals surface area contributed by atoms with Gasteiger partial charge in [-0.05, 0) is 57.8 Å². The Balaban J connectivity index is 2.43. The highest BCUT2D eigenvalue weighted by Crippen LogP contribution is 2.36. The van der Waals surface area contributed by atoms with Gasteiger partial charge in [0.15, 0.2) is 0 Å². The first-order valence-corrected chi connectivity index (χ1v) is 7.31. The van der Waals surface area contributed by atoms with Crippen LogP contribution in [0.4, 0.5) is 0 Å². The van der Waals surface area contributed by atoms with Gasteiger partial charge in [0, 0.05) is 4.90 Å². The van der Waals surface area contributed by atoms with Crippen molar-refractivity contribution in [3.05, 3.63) is 23.3 Å². The minimum Gasteiger partial charge on any atom is -0.465 e. The smallest absolute Gasteiger partial charge is 0.465 e. The number of carbonyl (C=O) groups is 1. The third kappa shape index (κ3) is 2.85. The predicted octanol–water partition coefficient (Wildman–Crippen LogP) is 2.37. The maximum absolute atomic E-state index is 11.9. The van der Waals surface area contributed by atoms with Crippen molar-refractivity contribution in [3.8, 4) is 0 Å². The van der Waals surface area contributed by atoms with Crippen molar-refractivity contribution >= 4 is 31.2 Å². The second-order valence-electron chi connectivity index (χ2n) is 6.29. The second-order valence-corrected chi connectivity index (χ2v) is 6.77. The number of methoxy groups -OCH3 is 1. The minimum absolute atomic E-state index is 0.388. The lowest BCUT2D eigenvalue weighted by Gasteiger charge is -2.32. The van der Waals surface area contributed by atoms with Crippen molar-refractivity contribution in [1.82, 2.24) is 0 Å². The van der Waals surface area contributed by atoms with E-state index < -0.39 is 18.3 Å². The quantitative estimate of drug-likeness (QED) is 0.517. The maximum atomic E-state index is 11.9. The van der Waals surface area contributed by atoms with Crippen LogP contribution in [0.1, 0.15) is 43.6 Å². The molecule has 0 aromatic heterocycles. The average Bonchev–Trinajstić information content (AvgIpc) is 2.60. The molecule has 6 heteroatoms. The van der Waals surface area contributed by atoms with Gasteiger partial charge in [-0.3, -0.25) is 0 Å². The predicted molar refractivity (Wildman–Crippen MR) is 85.5 cm³/mol. The van der Waals surface area contributed by atoms with E-state index in [0.29, 0.717) is 10.5 Å². The highest BCUT2D eigenvalue weighted by atomic mass is 32.1. The molecular weight excluding hydrogens is 287 g/mol. The molecule has 0 bridgehead atoms. The summed E-state index contributed by atoms with van der Waals surface area (Å²) < 4.78 is 16.8. The summed E-state index contributed by atoms with van der Waals surface area (Å²) in [6.07, 6.45) is 0. The van der Waals surface area contributed by atoms with Crippen molar-refractivity contribution in [2.75, 3.05) is 7.11 Å². The number of rotatable bonds is 2. The highest BCUT2D eigenvalue weighted by molar-refractivity contribution is 7.80. The molecule has 114 valence electrons. The Hall–Kier alpha value is -0.975. The van der Waals surface area contributed by atoms with Gasteiger partial charge in [-0.25, -0.2) is 4.79 Å². The fraction of sp³-hybridized carbons (Fsp3) is 0.533. The number of thiol groups is 1. The molecule has 0 aliphatic carbocycles. The van der Waals surface area contributed by atoms with Crippen molar-refractivity contribution in [1.29, 1.82) is 0 Å². The van der Waals surface area contributed by atoms with E-state index in [9.17, 15) is 4.79 Å². The molecule has 1 fully saturated rings. The lowest BCUT2D eigenvalue weighted by molar-refractivity contribution is 0.00578. The summed E-state index contributed by atoms with van der Waals surface area (Å²) in [6.45, 7) is 9.80. The fourth-order valence-corrected chi connectivity index (χ4v) is 2.43. The van der Waals surface area contributed by atoms with Gasteiger partial charge in [0.2, 0.25) is 0 Å². The molecule has 0 N–H and O–H groups in total. The first kappa shape index (κ1) is 16.4. The Morgan fingerprint density at radius 3 is 2.19 bits per heavy atom. The van der Waals surface area contributed by atoms with E-state index in [1.165, 1.54) is 7.11 Å². The summed E-state index contributed by atoms with van der Waals surface area (Å²) in [7, 11) is 0.839. The van der Waals surface area contributed by atoms with Crippen LogP contribution in [-0.2, 0) is 14.0 Å². The van der Waals surface area contributed by atoms with Crippen LogP contribution in [-0.4, -0.2) is 31.4 Å². The number of ether oxygens (including phenoxy) is 1. The molecule has 4 nitrogen and oxygen atoms in total. The zero-order valence-electron chi connectivity index (χ0n) is 13.3. The molecule has 2 rings (SSSR count). The molecule has 0 radical (unpaired) electrons. The molecule has 0 spiro atoms. The molecule has 21 heavy (non-hydrogen) atoms. The van der Waals surface area contributed by atoms with E-state index in [1.807, 2.05) is 40.7 Å². The van der Waals surface area contributed by atoms with Gasteiger partial charge in [0.1, 0.15) is 0 Å². The van der Waals surface area contributed by atoms with Crippen LogP contribution in [0.2, 0.25) is 0 Å². The topological polar surface area (TPSA) is 44.8 Å². The number of hydrogen-bond donors (Lipinski definition) is 1. The molecule has 0 amide bonds. The molecule has 1 saturated heterocycles. The summed E-state index contributed by atoms with van der Waals surface area (Å²) in [6, 6.07) is 3.62. The molecule has 1 aliphatic heterocycles. The second kappa shape index (κ2) is 5.34. The summed E-state index contributed by atoms with van der Waals surface area (Å²) in [4.78, 5) is 12.6. The molecule has 0 atom stereocenters. The van der Waals surface area contributed by atoms with Crippen LogP contribution in [0, 0.1) is 6.92 Å². The molecule has 1 heterocycles. The Morgan fingerprint density at radius 1 is 1.19 bits per heavy atom. The van der Waals surface area contributed by atoms with Crippen molar-refractivity contribution in [2.45, 2.75) is 50.7 Å². The normalized spacial score (nSPS) is 19.7. The Morgan fingerprint density at radius 2 is 1.71 bits per heavy atom. The molecular formula is C15H21BO4S. The number of carbonyl (C=O) groups excluding carboxylic acids is 1. The van der Waals surface area contributed by atoms with Crippen LogP contribution >= 0.6 is 12.6 Å². The van der Waals surface area contributed by atoms with Crippen molar-refractivity contribution in [3.63, 3.8) is 0 Å². The van der Waals surface area contributed by atoms with Crippen LogP contribution in [0.15, 0.2) is 17.0 Å². The number of hydrogen-bond acceptors (Lipinski definition) is 5. The first-order chi connectivity index (χ1) is 9.59. The van der Waals surface area contributed by atoms with E-state index in [1.54, 1.807) is 6.07 Å². The van der Waals surface area contributed by atoms with E-state index >= 15 is 0 Å². The molecule has 1 aliphatic rings. The summed E-state index contributed by atoms with van der Waals surface area (Å²) in [5.41, 5.74) is 1.18. The monoisotopic (exact) mass is 308 g/mol. The standard InChI is InChI=1S/C15H21BO4S/c1-9-11(13(17)18-6)7-10(8-12(9)21)16-19-14(2,3)15(4,5)20-16/h7-8,21H,1-6H3. The Labute approximate surface area is 131 Å².